The van der Waals surface area contributed by atoms with Gasteiger partial charge in [0, 0.05) is 19.4 Å². The number of nitrogens with two attached hydrogens (primary N) is 1. The number of benzene rings is 2. The fourth-order valence-corrected chi connectivity index (χ4v) is 4.37. The van der Waals surface area contributed by atoms with E-state index in [-0.39, 0.29) is 18.6 Å². The van der Waals surface area contributed by atoms with Crippen LogP contribution in [0, 0.1) is 0 Å². The van der Waals surface area contributed by atoms with Crippen molar-refractivity contribution in [1.29, 1.82) is 0 Å². The highest BCUT2D eigenvalue weighted by Crippen LogP contribution is 2.19. The van der Waals surface area contributed by atoms with Crippen molar-refractivity contribution in [1.82, 2.24) is 15.5 Å². The Kier molecular flexibility index (Phi) is 9.80. The van der Waals surface area contributed by atoms with Crippen LogP contribution in [-0.4, -0.2) is 80.7 Å². The van der Waals surface area contributed by atoms with Gasteiger partial charge in [0.05, 0.1) is 6.10 Å². The van der Waals surface area contributed by atoms with E-state index in [1.165, 1.54) is 24.0 Å². The molecule has 5 unspecified atom stereocenters. The van der Waals surface area contributed by atoms with Crippen molar-refractivity contribution < 1.29 is 34.5 Å². The second-order valence-electron chi connectivity index (χ2n) is 9.48. The SMILES string of the molecule is CC(O)C(N)C(=O)N1CCCC1C(=O)NC(Cc1ccccc1)C(=O)NC(Cc1ccc(O)cc1)C(=O)O. The highest BCUT2D eigenvalue weighted by Gasteiger charge is 2.38. The number of hydrogen-bond acceptors (Lipinski definition) is 7. The van der Waals surface area contributed by atoms with Gasteiger partial charge in [-0.1, -0.05) is 42.5 Å². The smallest absolute Gasteiger partial charge is 0.326 e. The number of carbonyl (C=O) groups excluding carboxylic acids is 3. The number of aromatic hydroxyl groups is 1. The molecular weight excluding hydrogens is 492 g/mol. The molecule has 1 fully saturated rings. The predicted octanol–water partition coefficient (Wildman–Crippen LogP) is -0.0693. The summed E-state index contributed by atoms with van der Waals surface area (Å²) in [7, 11) is 0. The number of likely N-dealkylation sites (tertiary alicyclic amines) is 1. The summed E-state index contributed by atoms with van der Waals surface area (Å²) in [5, 5.41) is 34.1. The third-order valence-electron chi connectivity index (χ3n) is 6.55. The van der Waals surface area contributed by atoms with Crippen molar-refractivity contribution in [3.05, 3.63) is 65.7 Å². The number of aliphatic hydroxyl groups is 1. The van der Waals surface area contributed by atoms with Gasteiger partial charge in [0.25, 0.3) is 0 Å². The first-order valence-electron chi connectivity index (χ1n) is 12.5. The molecular formula is C27H34N4O7. The summed E-state index contributed by atoms with van der Waals surface area (Å²) in [6.07, 6.45) is -0.111. The standard InChI is InChI=1S/C27H34N4O7/c1-16(32)23(28)26(36)31-13-5-8-22(31)25(35)29-20(14-17-6-3-2-4-7-17)24(34)30-21(27(37)38)15-18-9-11-19(33)12-10-18/h2-4,6-7,9-12,16,20-23,32-33H,5,8,13-15,28H2,1H3,(H,29,35)(H,30,34)(H,37,38). The number of nitrogens with one attached hydrogen (secondary N) is 2. The lowest BCUT2D eigenvalue weighted by molar-refractivity contribution is -0.143. The monoisotopic (exact) mass is 526 g/mol. The van der Waals surface area contributed by atoms with Gasteiger partial charge in [-0.15, -0.1) is 0 Å². The van der Waals surface area contributed by atoms with E-state index in [1.54, 1.807) is 36.4 Å². The fourth-order valence-electron chi connectivity index (χ4n) is 4.37. The van der Waals surface area contributed by atoms with Crippen molar-refractivity contribution >= 4 is 23.7 Å². The van der Waals surface area contributed by atoms with E-state index >= 15 is 0 Å². The first-order chi connectivity index (χ1) is 18.1. The Morgan fingerprint density at radius 3 is 2.18 bits per heavy atom. The molecule has 0 radical (unpaired) electrons. The highest BCUT2D eigenvalue weighted by molar-refractivity contribution is 5.94. The third-order valence-corrected chi connectivity index (χ3v) is 6.55. The van der Waals surface area contributed by atoms with E-state index in [0.717, 1.165) is 5.56 Å². The van der Waals surface area contributed by atoms with Gasteiger partial charge in [-0.2, -0.15) is 0 Å². The van der Waals surface area contributed by atoms with E-state index in [1.807, 2.05) is 6.07 Å². The molecule has 1 aliphatic heterocycles. The number of rotatable bonds is 11. The number of hydrogen-bond donors (Lipinski definition) is 6. The van der Waals surface area contributed by atoms with Crippen LogP contribution in [-0.2, 0) is 32.0 Å². The molecule has 11 nitrogen and oxygen atoms in total. The zero-order valence-corrected chi connectivity index (χ0v) is 21.1. The number of aliphatic carboxylic acids is 1. The maximum absolute atomic E-state index is 13.3. The van der Waals surface area contributed by atoms with Crippen LogP contribution in [0.3, 0.4) is 0 Å². The number of nitrogens with zero attached hydrogens (tertiary/aromatic N) is 1. The van der Waals surface area contributed by atoms with Crippen LogP contribution in [0.1, 0.15) is 30.9 Å². The lowest BCUT2D eigenvalue weighted by Gasteiger charge is -2.29. The van der Waals surface area contributed by atoms with Crippen LogP contribution >= 0.6 is 0 Å². The first-order valence-corrected chi connectivity index (χ1v) is 12.5. The van der Waals surface area contributed by atoms with Crippen molar-refractivity contribution in [2.45, 2.75) is 62.9 Å². The van der Waals surface area contributed by atoms with Gasteiger partial charge < -0.3 is 36.6 Å². The second kappa shape index (κ2) is 13.0. The molecule has 0 aliphatic carbocycles. The van der Waals surface area contributed by atoms with E-state index in [2.05, 4.69) is 10.6 Å². The Morgan fingerprint density at radius 1 is 0.974 bits per heavy atom. The van der Waals surface area contributed by atoms with Crippen LogP contribution in [0.2, 0.25) is 0 Å². The maximum Gasteiger partial charge on any atom is 0.326 e. The minimum absolute atomic E-state index is 0.0316. The van der Waals surface area contributed by atoms with Crippen molar-refractivity contribution in [3.63, 3.8) is 0 Å². The van der Waals surface area contributed by atoms with Crippen LogP contribution in [0.4, 0.5) is 0 Å². The quantitative estimate of drug-likeness (QED) is 0.235. The fraction of sp³-hybridized carbons (Fsp3) is 0.407. The normalized spacial score (nSPS) is 18.2. The highest BCUT2D eigenvalue weighted by atomic mass is 16.4. The zero-order chi connectivity index (χ0) is 27.8. The summed E-state index contributed by atoms with van der Waals surface area (Å²) in [5.74, 6) is -3.03. The van der Waals surface area contributed by atoms with Crippen molar-refractivity contribution in [3.8, 4) is 5.75 Å². The van der Waals surface area contributed by atoms with Gasteiger partial charge in [0.1, 0.15) is 29.9 Å². The first kappa shape index (κ1) is 28.6. The van der Waals surface area contributed by atoms with E-state index in [9.17, 15) is 34.5 Å². The predicted molar refractivity (Wildman–Crippen MR) is 138 cm³/mol. The molecule has 7 N–H and O–H groups in total. The van der Waals surface area contributed by atoms with E-state index < -0.39 is 54.0 Å². The number of carboxylic acids is 1. The minimum Gasteiger partial charge on any atom is -0.508 e. The summed E-state index contributed by atoms with van der Waals surface area (Å²) in [4.78, 5) is 52.5. The average Bonchev–Trinajstić information content (AvgIpc) is 3.39. The number of aliphatic hydroxyl groups excluding tert-OH is 1. The number of carboxylic acid groups (broad SMARTS) is 1. The average molecular weight is 527 g/mol. The molecule has 2 aromatic carbocycles. The largest absolute Gasteiger partial charge is 0.508 e. The molecule has 3 rings (SSSR count). The maximum atomic E-state index is 13.3. The summed E-state index contributed by atoms with van der Waals surface area (Å²) >= 11 is 0. The number of amides is 3. The molecule has 0 bridgehead atoms. The summed E-state index contributed by atoms with van der Waals surface area (Å²) < 4.78 is 0. The number of phenols is 1. The molecule has 0 aromatic heterocycles. The molecule has 0 spiro atoms. The van der Waals surface area contributed by atoms with Gasteiger partial charge in [-0.25, -0.2) is 4.79 Å². The molecule has 11 heteroatoms. The Balaban J connectivity index is 1.77. The third kappa shape index (κ3) is 7.53. The van der Waals surface area contributed by atoms with Gasteiger partial charge in [0.15, 0.2) is 0 Å². The Morgan fingerprint density at radius 2 is 1.58 bits per heavy atom. The molecule has 1 heterocycles. The molecule has 1 saturated heterocycles. The minimum atomic E-state index is -1.28. The molecule has 5 atom stereocenters. The van der Waals surface area contributed by atoms with Gasteiger partial charge >= 0.3 is 5.97 Å². The Labute approximate surface area is 220 Å². The van der Waals surface area contributed by atoms with Gasteiger partial charge in [-0.3, -0.25) is 14.4 Å². The van der Waals surface area contributed by atoms with Crippen LogP contribution < -0.4 is 16.4 Å². The van der Waals surface area contributed by atoms with Crippen LogP contribution in [0.5, 0.6) is 5.75 Å². The number of carbonyl (C=O) groups is 4. The Hall–Kier alpha value is -3.96. The lowest BCUT2D eigenvalue weighted by atomic mass is 10.0. The van der Waals surface area contributed by atoms with Crippen LogP contribution in [0.25, 0.3) is 0 Å². The molecule has 3 amide bonds. The van der Waals surface area contributed by atoms with E-state index in [4.69, 9.17) is 5.73 Å². The molecule has 204 valence electrons. The zero-order valence-electron chi connectivity index (χ0n) is 21.1. The topological polar surface area (TPSA) is 182 Å². The molecule has 1 aliphatic rings. The van der Waals surface area contributed by atoms with Crippen molar-refractivity contribution in [2.24, 2.45) is 5.73 Å². The molecule has 2 aromatic rings. The Bertz CT molecular complexity index is 1120. The van der Waals surface area contributed by atoms with Crippen LogP contribution in [0.15, 0.2) is 54.6 Å². The van der Waals surface area contributed by atoms with Crippen molar-refractivity contribution in [2.75, 3.05) is 6.54 Å². The lowest BCUT2D eigenvalue weighted by Crippen LogP contribution is -2.58. The summed E-state index contributed by atoms with van der Waals surface area (Å²) in [5.41, 5.74) is 7.14. The molecule has 38 heavy (non-hydrogen) atoms. The number of phenolic OH excluding ortho intramolecular Hbond substituents is 1. The summed E-state index contributed by atoms with van der Waals surface area (Å²) in [6, 6.07) is 10.5. The summed E-state index contributed by atoms with van der Waals surface area (Å²) in [6.45, 7) is 1.69. The second-order valence-corrected chi connectivity index (χ2v) is 9.48. The van der Waals surface area contributed by atoms with Gasteiger partial charge in [-0.05, 0) is 43.0 Å². The molecule has 0 saturated carbocycles. The van der Waals surface area contributed by atoms with E-state index in [0.29, 0.717) is 24.9 Å². The van der Waals surface area contributed by atoms with Gasteiger partial charge in [0.2, 0.25) is 17.7 Å².